The normalized spacial score (nSPS) is 53.6. The van der Waals surface area contributed by atoms with Gasteiger partial charge >= 0.3 is 5.97 Å². The standard InChI is InChI=1S/C20H30O4/c1-19-7-5-12(21)9-11(19)10-16(22)17-13-3-4-15(18(23)24)20(13,2)8-6-14(17)19/h10,12-17,21-22H,3-9H2,1-2H3,(H,23,24)/t12-,13-,14-,15+,16+,17-,19-,20-/m0/s1. The van der Waals surface area contributed by atoms with Gasteiger partial charge in [0.05, 0.1) is 18.1 Å². The fourth-order valence-electron chi connectivity index (χ4n) is 7.04. The van der Waals surface area contributed by atoms with Gasteiger partial charge in [0.1, 0.15) is 0 Å². The molecule has 0 unspecified atom stereocenters. The summed E-state index contributed by atoms with van der Waals surface area (Å²) in [5.41, 5.74) is 1.14. The Morgan fingerprint density at radius 1 is 1.08 bits per heavy atom. The van der Waals surface area contributed by atoms with Gasteiger partial charge in [0.25, 0.3) is 0 Å². The molecule has 0 spiro atoms. The summed E-state index contributed by atoms with van der Waals surface area (Å²) >= 11 is 0. The van der Waals surface area contributed by atoms with Gasteiger partial charge in [-0.25, -0.2) is 0 Å². The van der Waals surface area contributed by atoms with E-state index in [2.05, 4.69) is 13.8 Å². The van der Waals surface area contributed by atoms with Gasteiger partial charge in [-0.05, 0) is 73.5 Å². The van der Waals surface area contributed by atoms with E-state index >= 15 is 0 Å². The van der Waals surface area contributed by atoms with Crippen molar-refractivity contribution >= 4 is 5.97 Å². The molecule has 4 aliphatic carbocycles. The SMILES string of the molecule is C[C@]12CC[C@H]3[C@@H]([C@H](O)C=C4C[C@@H](O)CC[C@@]43C)[C@@H]1CC[C@@H]2C(=O)O. The summed E-state index contributed by atoms with van der Waals surface area (Å²) in [7, 11) is 0. The molecule has 0 radical (unpaired) electrons. The molecule has 134 valence electrons. The number of hydrogen-bond donors (Lipinski definition) is 3. The smallest absolute Gasteiger partial charge is 0.307 e. The first-order valence-electron chi connectivity index (χ1n) is 9.57. The van der Waals surface area contributed by atoms with E-state index in [1.54, 1.807) is 0 Å². The number of aliphatic hydroxyl groups is 2. The van der Waals surface area contributed by atoms with Crippen molar-refractivity contribution in [2.45, 2.75) is 71.0 Å². The maximum absolute atomic E-state index is 11.7. The van der Waals surface area contributed by atoms with Crippen molar-refractivity contribution in [1.82, 2.24) is 0 Å². The van der Waals surface area contributed by atoms with E-state index in [-0.39, 0.29) is 28.8 Å². The van der Waals surface area contributed by atoms with Crippen LogP contribution in [0.25, 0.3) is 0 Å². The van der Waals surface area contributed by atoms with Crippen LogP contribution in [-0.2, 0) is 4.79 Å². The summed E-state index contributed by atoms with van der Waals surface area (Å²) in [6.07, 6.45) is 7.40. The Bertz CT molecular complexity index is 584. The number of carbonyl (C=O) groups is 1. The number of carboxylic acids is 1. The highest BCUT2D eigenvalue weighted by Crippen LogP contribution is 2.66. The van der Waals surface area contributed by atoms with Crippen LogP contribution in [0, 0.1) is 34.5 Å². The Morgan fingerprint density at radius 3 is 2.54 bits per heavy atom. The van der Waals surface area contributed by atoms with Gasteiger partial charge in [0.15, 0.2) is 0 Å². The lowest BCUT2D eigenvalue weighted by Gasteiger charge is -2.58. The molecule has 0 amide bonds. The first-order chi connectivity index (χ1) is 11.3. The fourth-order valence-corrected chi connectivity index (χ4v) is 7.04. The third-order valence-corrected chi connectivity index (χ3v) is 8.40. The maximum Gasteiger partial charge on any atom is 0.307 e. The predicted molar refractivity (Wildman–Crippen MR) is 90.2 cm³/mol. The highest BCUT2D eigenvalue weighted by molar-refractivity contribution is 5.71. The summed E-state index contributed by atoms with van der Waals surface area (Å²) in [6.45, 7) is 4.47. The second kappa shape index (κ2) is 5.31. The van der Waals surface area contributed by atoms with Gasteiger partial charge in [-0.2, -0.15) is 0 Å². The lowest BCUT2D eigenvalue weighted by Crippen LogP contribution is -2.55. The summed E-state index contributed by atoms with van der Waals surface area (Å²) in [5.74, 6) is -0.0227. The predicted octanol–water partition coefficient (Wildman–Crippen LogP) is 2.98. The Balaban J connectivity index is 1.71. The molecule has 0 saturated heterocycles. The molecule has 4 heteroatoms. The van der Waals surface area contributed by atoms with Crippen LogP contribution in [0.15, 0.2) is 11.6 Å². The van der Waals surface area contributed by atoms with E-state index in [9.17, 15) is 20.1 Å². The van der Waals surface area contributed by atoms with Crippen LogP contribution in [0.2, 0.25) is 0 Å². The summed E-state index contributed by atoms with van der Waals surface area (Å²) in [5, 5.41) is 30.6. The molecule has 0 heterocycles. The highest BCUT2D eigenvalue weighted by Gasteiger charge is 2.61. The summed E-state index contributed by atoms with van der Waals surface area (Å²) in [4.78, 5) is 11.7. The van der Waals surface area contributed by atoms with E-state index in [4.69, 9.17) is 0 Å². The van der Waals surface area contributed by atoms with Gasteiger partial charge in [-0.15, -0.1) is 0 Å². The molecule has 4 rings (SSSR count). The average molecular weight is 334 g/mol. The van der Waals surface area contributed by atoms with E-state index in [1.165, 1.54) is 5.57 Å². The molecule has 0 aromatic heterocycles. The van der Waals surface area contributed by atoms with Crippen molar-refractivity contribution in [3.63, 3.8) is 0 Å². The third-order valence-electron chi connectivity index (χ3n) is 8.40. The Labute approximate surface area is 144 Å². The fraction of sp³-hybridized carbons (Fsp3) is 0.850. The van der Waals surface area contributed by atoms with Crippen molar-refractivity contribution < 1.29 is 20.1 Å². The van der Waals surface area contributed by atoms with Crippen molar-refractivity contribution in [3.05, 3.63) is 11.6 Å². The van der Waals surface area contributed by atoms with Crippen LogP contribution in [0.4, 0.5) is 0 Å². The van der Waals surface area contributed by atoms with Crippen LogP contribution in [0.3, 0.4) is 0 Å². The molecule has 3 fully saturated rings. The summed E-state index contributed by atoms with van der Waals surface area (Å²) < 4.78 is 0. The molecule has 3 N–H and O–H groups in total. The summed E-state index contributed by atoms with van der Waals surface area (Å²) in [6, 6.07) is 0. The first-order valence-corrected chi connectivity index (χ1v) is 9.57. The van der Waals surface area contributed by atoms with E-state index in [0.29, 0.717) is 18.3 Å². The largest absolute Gasteiger partial charge is 0.481 e. The zero-order valence-electron chi connectivity index (χ0n) is 14.7. The zero-order chi connectivity index (χ0) is 17.3. The van der Waals surface area contributed by atoms with Crippen LogP contribution in [0.1, 0.15) is 58.8 Å². The Hall–Kier alpha value is -0.870. The molecule has 0 bridgehead atoms. The van der Waals surface area contributed by atoms with Crippen molar-refractivity contribution in [2.24, 2.45) is 34.5 Å². The topological polar surface area (TPSA) is 77.8 Å². The molecule has 0 aromatic rings. The first kappa shape index (κ1) is 16.6. The second-order valence-electron chi connectivity index (χ2n) is 9.30. The second-order valence-corrected chi connectivity index (χ2v) is 9.30. The van der Waals surface area contributed by atoms with Gasteiger partial charge < -0.3 is 15.3 Å². The molecule has 8 atom stereocenters. The molecule has 0 aliphatic heterocycles. The van der Waals surface area contributed by atoms with E-state index in [1.807, 2.05) is 6.08 Å². The molecule has 3 saturated carbocycles. The highest BCUT2D eigenvalue weighted by atomic mass is 16.4. The minimum Gasteiger partial charge on any atom is -0.481 e. The zero-order valence-corrected chi connectivity index (χ0v) is 14.7. The van der Waals surface area contributed by atoms with Gasteiger partial charge in [0, 0.05) is 0 Å². The number of fused-ring (bicyclic) bond motifs is 5. The lowest BCUT2D eigenvalue weighted by molar-refractivity contribution is -0.151. The number of hydrogen-bond acceptors (Lipinski definition) is 3. The number of aliphatic carboxylic acids is 1. The van der Waals surface area contributed by atoms with Gasteiger partial charge in [-0.3, -0.25) is 4.79 Å². The third kappa shape index (κ3) is 2.08. The van der Waals surface area contributed by atoms with Crippen LogP contribution in [0.5, 0.6) is 0 Å². The quantitative estimate of drug-likeness (QED) is 0.644. The lowest BCUT2D eigenvalue weighted by atomic mass is 9.47. The Kier molecular flexibility index (Phi) is 3.67. The molecular formula is C20H30O4. The van der Waals surface area contributed by atoms with Crippen LogP contribution < -0.4 is 0 Å². The number of rotatable bonds is 1. The molecule has 0 aromatic carbocycles. The molecule has 24 heavy (non-hydrogen) atoms. The van der Waals surface area contributed by atoms with E-state index < -0.39 is 12.1 Å². The van der Waals surface area contributed by atoms with Crippen molar-refractivity contribution in [3.8, 4) is 0 Å². The van der Waals surface area contributed by atoms with Gasteiger partial charge in [-0.1, -0.05) is 25.5 Å². The monoisotopic (exact) mass is 334 g/mol. The molecule has 4 nitrogen and oxygen atoms in total. The van der Waals surface area contributed by atoms with Gasteiger partial charge in [0.2, 0.25) is 0 Å². The van der Waals surface area contributed by atoms with Crippen molar-refractivity contribution in [1.29, 1.82) is 0 Å². The minimum atomic E-state index is -0.660. The minimum absolute atomic E-state index is 0.0752. The molecule has 4 aliphatic rings. The van der Waals surface area contributed by atoms with Crippen LogP contribution in [-0.4, -0.2) is 33.5 Å². The number of carboxylic acid groups (broad SMARTS) is 1. The van der Waals surface area contributed by atoms with Crippen molar-refractivity contribution in [2.75, 3.05) is 0 Å². The van der Waals surface area contributed by atoms with E-state index in [0.717, 1.165) is 38.5 Å². The molecular weight excluding hydrogens is 304 g/mol. The average Bonchev–Trinajstić information content (AvgIpc) is 2.86. The number of aliphatic hydroxyl groups excluding tert-OH is 2. The Morgan fingerprint density at radius 2 is 1.83 bits per heavy atom. The van der Waals surface area contributed by atoms with Crippen LogP contribution >= 0.6 is 0 Å². The maximum atomic E-state index is 11.7.